The van der Waals surface area contributed by atoms with E-state index in [0.717, 1.165) is 14.3 Å². The van der Waals surface area contributed by atoms with Crippen LogP contribution < -0.4 is 0 Å². The Balaban J connectivity index is 2.21. The van der Waals surface area contributed by atoms with E-state index < -0.39 is 17.7 Å². The summed E-state index contributed by atoms with van der Waals surface area (Å²) in [6, 6.07) is 5.72. The molecule has 1 nitrogen and oxygen atoms in total. The van der Waals surface area contributed by atoms with Crippen LogP contribution in [0.2, 0.25) is 0 Å². The van der Waals surface area contributed by atoms with Crippen LogP contribution in [0.15, 0.2) is 32.5 Å². The van der Waals surface area contributed by atoms with Crippen molar-refractivity contribution in [1.29, 1.82) is 0 Å². The van der Waals surface area contributed by atoms with Crippen molar-refractivity contribution >= 4 is 43.2 Å². The first-order valence-corrected chi connectivity index (χ1v) is 7.45. The molecule has 1 atom stereocenters. The summed E-state index contributed by atoms with van der Waals surface area (Å²) < 4.78 is 28.2. The number of hydrogen-bond acceptors (Lipinski definition) is 2. The lowest BCUT2D eigenvalue weighted by Crippen LogP contribution is -2.03. The van der Waals surface area contributed by atoms with Gasteiger partial charge in [-0.3, -0.25) is 0 Å². The van der Waals surface area contributed by atoms with Crippen molar-refractivity contribution in [2.75, 3.05) is 0 Å². The van der Waals surface area contributed by atoms with E-state index >= 15 is 0 Å². The molecular formula is C12H8Br2F2OS. The van der Waals surface area contributed by atoms with Gasteiger partial charge in [0.2, 0.25) is 0 Å². The minimum atomic E-state index is -0.897. The van der Waals surface area contributed by atoms with Crippen molar-refractivity contribution in [3.8, 4) is 0 Å². The standard InChI is InChI=1S/C12H8Br2F2OS/c13-7-5-10(18-12(7)14)9(17)4-6-2-1-3-8(15)11(6)16/h1-3,5,9,17H,4H2. The maximum absolute atomic E-state index is 13.5. The van der Waals surface area contributed by atoms with Gasteiger partial charge in [0, 0.05) is 15.8 Å². The van der Waals surface area contributed by atoms with Crippen LogP contribution in [-0.2, 0) is 6.42 Å². The third kappa shape index (κ3) is 2.99. The highest BCUT2D eigenvalue weighted by molar-refractivity contribution is 9.13. The average molecular weight is 398 g/mol. The number of rotatable bonds is 3. The topological polar surface area (TPSA) is 20.2 Å². The fourth-order valence-corrected chi connectivity index (χ4v) is 3.62. The minimum absolute atomic E-state index is 0.0446. The number of halogens is 4. The molecule has 0 saturated carbocycles. The zero-order chi connectivity index (χ0) is 13.3. The summed E-state index contributed by atoms with van der Waals surface area (Å²) in [5.41, 5.74) is 0.170. The van der Waals surface area contributed by atoms with Crippen molar-refractivity contribution in [3.63, 3.8) is 0 Å². The minimum Gasteiger partial charge on any atom is -0.387 e. The first-order chi connectivity index (χ1) is 8.49. The van der Waals surface area contributed by atoms with Gasteiger partial charge < -0.3 is 5.11 Å². The summed E-state index contributed by atoms with van der Waals surface area (Å²) in [7, 11) is 0. The zero-order valence-corrected chi connectivity index (χ0v) is 12.9. The third-order valence-corrected chi connectivity index (χ3v) is 5.79. The zero-order valence-electron chi connectivity index (χ0n) is 8.96. The van der Waals surface area contributed by atoms with Gasteiger partial charge >= 0.3 is 0 Å². The van der Waals surface area contributed by atoms with Gasteiger partial charge in [-0.1, -0.05) is 12.1 Å². The van der Waals surface area contributed by atoms with Crippen LogP contribution >= 0.6 is 43.2 Å². The molecule has 6 heteroatoms. The van der Waals surface area contributed by atoms with Gasteiger partial charge in [0.15, 0.2) is 11.6 Å². The van der Waals surface area contributed by atoms with E-state index in [1.54, 1.807) is 6.07 Å². The number of thiophene rings is 1. The number of benzene rings is 1. The summed E-state index contributed by atoms with van der Waals surface area (Å²) in [5, 5.41) is 10.0. The Morgan fingerprint density at radius 2 is 2.00 bits per heavy atom. The first-order valence-electron chi connectivity index (χ1n) is 5.04. The second-order valence-electron chi connectivity index (χ2n) is 3.70. The van der Waals surface area contributed by atoms with Crippen LogP contribution in [0.4, 0.5) is 8.78 Å². The van der Waals surface area contributed by atoms with Gasteiger partial charge in [-0.15, -0.1) is 11.3 Å². The van der Waals surface area contributed by atoms with Crippen LogP contribution in [0.5, 0.6) is 0 Å². The lowest BCUT2D eigenvalue weighted by molar-refractivity contribution is 0.180. The van der Waals surface area contributed by atoms with Gasteiger partial charge in [-0.2, -0.15) is 0 Å². The lowest BCUT2D eigenvalue weighted by atomic mass is 10.1. The molecule has 1 N–H and O–H groups in total. The van der Waals surface area contributed by atoms with Crippen LogP contribution in [-0.4, -0.2) is 5.11 Å². The highest BCUT2D eigenvalue weighted by atomic mass is 79.9. The molecule has 96 valence electrons. The van der Waals surface area contributed by atoms with Crippen LogP contribution in [0, 0.1) is 11.6 Å². The Morgan fingerprint density at radius 3 is 2.61 bits per heavy atom. The molecule has 2 aromatic rings. The Kier molecular flexibility index (Phi) is 4.53. The van der Waals surface area contributed by atoms with E-state index in [-0.39, 0.29) is 12.0 Å². The predicted molar refractivity (Wildman–Crippen MR) is 74.7 cm³/mol. The Labute approximate surface area is 124 Å². The second kappa shape index (κ2) is 5.77. The first kappa shape index (κ1) is 14.1. The van der Waals surface area contributed by atoms with Crippen molar-refractivity contribution in [3.05, 3.63) is 54.6 Å². The average Bonchev–Trinajstić information content (AvgIpc) is 2.66. The molecule has 0 fully saturated rings. The molecule has 0 aliphatic carbocycles. The number of aliphatic hydroxyl groups is 1. The molecular weight excluding hydrogens is 390 g/mol. The lowest BCUT2D eigenvalue weighted by Gasteiger charge is -2.09. The van der Waals surface area contributed by atoms with E-state index in [4.69, 9.17) is 0 Å². The van der Waals surface area contributed by atoms with Crippen LogP contribution in [0.3, 0.4) is 0 Å². The molecule has 0 bridgehead atoms. The summed E-state index contributed by atoms with van der Waals surface area (Å²) in [6.07, 6.45) is -0.808. The molecule has 0 aliphatic heterocycles. The van der Waals surface area contributed by atoms with Gasteiger partial charge in [0.05, 0.1) is 9.89 Å². The Bertz CT molecular complexity index is 552. The number of hydrogen-bond donors (Lipinski definition) is 1. The van der Waals surface area contributed by atoms with E-state index in [0.29, 0.717) is 4.88 Å². The van der Waals surface area contributed by atoms with E-state index in [9.17, 15) is 13.9 Å². The van der Waals surface area contributed by atoms with Crippen LogP contribution in [0.25, 0.3) is 0 Å². The molecule has 1 aromatic heterocycles. The van der Waals surface area contributed by atoms with Crippen LogP contribution in [0.1, 0.15) is 16.5 Å². The van der Waals surface area contributed by atoms with E-state index in [1.165, 1.54) is 23.5 Å². The fourth-order valence-electron chi connectivity index (χ4n) is 1.54. The van der Waals surface area contributed by atoms with Crippen molar-refractivity contribution in [1.82, 2.24) is 0 Å². The Morgan fingerprint density at radius 1 is 1.28 bits per heavy atom. The molecule has 0 radical (unpaired) electrons. The van der Waals surface area contributed by atoms with Crippen molar-refractivity contribution in [2.24, 2.45) is 0 Å². The molecule has 18 heavy (non-hydrogen) atoms. The molecule has 0 saturated heterocycles. The van der Waals surface area contributed by atoms with E-state index in [2.05, 4.69) is 31.9 Å². The van der Waals surface area contributed by atoms with E-state index in [1.807, 2.05) is 0 Å². The molecule has 1 unspecified atom stereocenters. The summed E-state index contributed by atoms with van der Waals surface area (Å²) >= 11 is 7.99. The summed E-state index contributed by atoms with van der Waals surface area (Å²) in [4.78, 5) is 0.692. The highest BCUT2D eigenvalue weighted by Gasteiger charge is 2.17. The third-order valence-electron chi connectivity index (χ3n) is 2.44. The quantitative estimate of drug-likeness (QED) is 0.786. The van der Waals surface area contributed by atoms with Gasteiger partial charge in [0.25, 0.3) is 0 Å². The molecule has 0 amide bonds. The second-order valence-corrected chi connectivity index (χ2v) is 6.96. The maximum Gasteiger partial charge on any atom is 0.162 e. The summed E-state index contributed by atoms with van der Waals surface area (Å²) in [6.45, 7) is 0. The number of aliphatic hydroxyl groups excluding tert-OH is 1. The van der Waals surface area contributed by atoms with Gasteiger partial charge in [-0.05, 0) is 49.6 Å². The normalized spacial score (nSPS) is 12.7. The van der Waals surface area contributed by atoms with Crippen molar-refractivity contribution in [2.45, 2.75) is 12.5 Å². The fraction of sp³-hybridized carbons (Fsp3) is 0.167. The van der Waals surface area contributed by atoms with Gasteiger partial charge in [0.1, 0.15) is 0 Å². The monoisotopic (exact) mass is 396 g/mol. The Hall–Kier alpha value is -0.300. The maximum atomic E-state index is 13.5. The molecule has 0 aliphatic rings. The molecule has 1 aromatic carbocycles. The highest BCUT2D eigenvalue weighted by Crippen LogP contribution is 2.36. The summed E-state index contributed by atoms with van der Waals surface area (Å²) in [5.74, 6) is -1.79. The van der Waals surface area contributed by atoms with Gasteiger partial charge in [-0.25, -0.2) is 8.78 Å². The molecule has 2 rings (SSSR count). The largest absolute Gasteiger partial charge is 0.387 e. The predicted octanol–water partition coefficient (Wildman–Crippen LogP) is 4.83. The molecule has 0 spiro atoms. The smallest absolute Gasteiger partial charge is 0.162 e. The molecule has 1 heterocycles. The SMILES string of the molecule is OC(Cc1cccc(F)c1F)c1cc(Br)c(Br)s1. The van der Waals surface area contributed by atoms with Crippen molar-refractivity contribution < 1.29 is 13.9 Å².